The van der Waals surface area contributed by atoms with Gasteiger partial charge >= 0.3 is 0 Å². The number of hydrogen-bond donors (Lipinski definition) is 5. The monoisotopic (exact) mass is 878 g/mol. The molecule has 242 valence electrons. The average molecular weight is 879 g/mol. The van der Waals surface area contributed by atoms with E-state index in [1.165, 1.54) is 21.9 Å². The number of nitrogens with one attached hydrogen (secondary N) is 1. The first kappa shape index (κ1) is 38.5. The van der Waals surface area contributed by atoms with Gasteiger partial charge in [0.25, 0.3) is 5.91 Å². The summed E-state index contributed by atoms with van der Waals surface area (Å²) in [7, 11) is 0. The molecule has 43 heavy (non-hydrogen) atoms. The van der Waals surface area contributed by atoms with Gasteiger partial charge in [-0.25, -0.2) is 4.39 Å². The zero-order chi connectivity index (χ0) is 31.5. The summed E-state index contributed by atoms with van der Waals surface area (Å²) in [6.45, 7) is 4.08. The number of thiol groups is 2. The van der Waals surface area contributed by atoms with E-state index >= 15 is 0 Å². The third-order valence-corrected chi connectivity index (χ3v) is 6.25. The van der Waals surface area contributed by atoms with Crippen molar-refractivity contribution in [3.63, 3.8) is 0 Å². The minimum Gasteiger partial charge on any atom is -0.520 e. The predicted octanol–water partition coefficient (Wildman–Crippen LogP) is 1.24. The van der Waals surface area contributed by atoms with Crippen LogP contribution in [0.3, 0.4) is 0 Å². The zero-order valence-corrected chi connectivity index (χ0v) is 28.0. The largest absolute Gasteiger partial charge is 0.520 e. The van der Waals surface area contributed by atoms with Crippen molar-refractivity contribution in [2.24, 2.45) is 11.5 Å². The third kappa shape index (κ3) is 12.5. The third-order valence-electron chi connectivity index (χ3n) is 6.25. The Hall–Kier alpha value is -4.46. The van der Waals surface area contributed by atoms with Gasteiger partial charge in [-0.05, 0) is 35.7 Å². The van der Waals surface area contributed by atoms with Gasteiger partial charge in [0.05, 0.1) is 25.3 Å². The van der Waals surface area contributed by atoms with Crippen molar-refractivity contribution >= 4 is 53.7 Å². The van der Waals surface area contributed by atoms with Crippen molar-refractivity contribution in [3.8, 4) is 0 Å². The zero-order valence-electron chi connectivity index (χ0n) is 23.8. The van der Waals surface area contributed by atoms with E-state index in [9.17, 15) is 18.8 Å². The van der Waals surface area contributed by atoms with E-state index in [-0.39, 0.29) is 70.2 Å². The molecule has 1 fully saturated rings. The van der Waals surface area contributed by atoms with Gasteiger partial charge in [-0.3, -0.25) is 14.4 Å². The number of piperazine rings is 1. The summed E-state index contributed by atoms with van der Waals surface area (Å²) in [5.74, 6) is -1.32. The second kappa shape index (κ2) is 21.3. The first-order chi connectivity index (χ1) is 20.2. The number of hydrogen-bond acceptors (Lipinski definition) is 9. The van der Waals surface area contributed by atoms with Crippen LogP contribution in [0.25, 0.3) is 0 Å². The minimum absolute atomic E-state index is 0. The summed E-state index contributed by atoms with van der Waals surface area (Å²) in [4.78, 5) is 49.8. The van der Waals surface area contributed by atoms with Crippen molar-refractivity contribution in [2.45, 2.75) is 13.3 Å². The van der Waals surface area contributed by atoms with Crippen LogP contribution in [0.4, 0.5) is 4.39 Å². The van der Waals surface area contributed by atoms with Gasteiger partial charge < -0.3 is 41.1 Å². The molecular formula is C28H38FFmN6O5S2-. The summed E-state index contributed by atoms with van der Waals surface area (Å²) in [6.07, 6.45) is 2.26. The number of nitrogens with zero attached hydrogens (tertiary/aromatic N) is 3. The van der Waals surface area contributed by atoms with Crippen LogP contribution in [0.5, 0.6) is 0 Å². The molecule has 0 aromatic heterocycles. The minimum atomic E-state index is -0.622. The van der Waals surface area contributed by atoms with Crippen LogP contribution in [0.15, 0.2) is 42.5 Å². The summed E-state index contributed by atoms with van der Waals surface area (Å²) in [5, 5.41) is 8.45. The van der Waals surface area contributed by atoms with Crippen LogP contribution in [0.2, 0.25) is 0 Å². The fourth-order valence-electron chi connectivity index (χ4n) is 4.17. The van der Waals surface area contributed by atoms with E-state index in [1.54, 1.807) is 17.4 Å². The molecule has 0 saturated carbocycles. The summed E-state index contributed by atoms with van der Waals surface area (Å²) < 4.78 is 19.8. The maximum absolute atomic E-state index is 14.6. The molecule has 0 unspecified atom stereocenters. The number of carbonyl (C=O) groups excluding carboxylic acids is 4. The van der Waals surface area contributed by atoms with Crippen molar-refractivity contribution in [3.05, 3.63) is 70.5 Å². The Bertz CT molecular complexity index is 1190. The summed E-state index contributed by atoms with van der Waals surface area (Å²) >= 11 is 6.44. The molecule has 1 saturated heterocycles. The SMILES string of the molecule is Cc1ccccc1C(=N)Cc1ccc(F)c(C(=O)N2CCN(C(=O)CN([C-]=O)CCOCCN)CC2)c1.NC=O.SS.[Fm]. The van der Waals surface area contributed by atoms with Crippen LogP contribution in [-0.2, 0) is 25.5 Å². The standard InChI is InChI=1S/C27H33FN5O4.CH3NO.Fm.H2S2/c1-20-4-2-3-5-22(20)25(30)17-21-6-7-24(28)23(16-21)27(36)33-11-9-32(10-12-33)26(35)18-31(19-34)13-15-37-14-8-29;2-1-3;;1-2/h2-7,16,30H,8-15,17-18,29H2,1H3;1H,(H2,2,3);;1-2H/q-1;;;. The first-order valence-electron chi connectivity index (χ1n) is 13.0. The quantitative estimate of drug-likeness (QED) is 0.0410. The van der Waals surface area contributed by atoms with Gasteiger partial charge in [-0.2, -0.15) is 6.41 Å². The Kier molecular flexibility index (Phi) is 19.1. The van der Waals surface area contributed by atoms with Gasteiger partial charge in [0.1, 0.15) is 5.82 Å². The van der Waals surface area contributed by atoms with Crippen molar-refractivity contribution < 1.29 is 28.3 Å². The summed E-state index contributed by atoms with van der Waals surface area (Å²) in [5.41, 5.74) is 12.3. The molecule has 15 heteroatoms. The van der Waals surface area contributed by atoms with Crippen LogP contribution in [0.1, 0.15) is 27.0 Å². The summed E-state index contributed by atoms with van der Waals surface area (Å²) in [6, 6.07) is 11.9. The second-order valence-corrected chi connectivity index (χ2v) is 9.01. The smallest absolute Gasteiger partial charge is 0.256 e. The number of primary amides is 1. The molecule has 1 aliphatic rings. The van der Waals surface area contributed by atoms with Gasteiger partial charge in [-0.15, -0.1) is 23.3 Å². The van der Waals surface area contributed by atoms with Crippen molar-refractivity contribution in [2.75, 3.05) is 59.0 Å². The number of benzene rings is 2. The van der Waals surface area contributed by atoms with Crippen molar-refractivity contribution in [1.29, 1.82) is 5.41 Å². The number of carbonyl (C=O) groups is 3. The van der Waals surface area contributed by atoms with Gasteiger partial charge in [0, 0.05) is 51.4 Å². The molecule has 0 spiro atoms. The molecule has 4 amide bonds. The predicted molar refractivity (Wildman–Crippen MR) is 166 cm³/mol. The molecule has 1 aliphatic heterocycles. The van der Waals surface area contributed by atoms with E-state index in [2.05, 4.69) is 29.1 Å². The molecule has 0 radical (unpaired) electrons. The van der Waals surface area contributed by atoms with Crippen LogP contribution >= 0.6 is 23.3 Å². The number of aryl methyl sites for hydroxylation is 1. The number of ether oxygens (including phenoxy) is 1. The number of halogens is 1. The van der Waals surface area contributed by atoms with E-state index in [0.717, 1.165) is 11.1 Å². The Morgan fingerprint density at radius 3 is 2.28 bits per heavy atom. The fraction of sp³-hybridized carbons (Fsp3) is 0.393. The van der Waals surface area contributed by atoms with Crippen LogP contribution in [0, 0.1) is 18.2 Å². The molecule has 2 aromatic rings. The van der Waals surface area contributed by atoms with E-state index in [0.29, 0.717) is 24.4 Å². The Morgan fingerprint density at radius 1 is 1.09 bits per heavy atom. The van der Waals surface area contributed by atoms with E-state index in [1.807, 2.05) is 31.2 Å². The Balaban J connectivity index is 0.00000276. The van der Waals surface area contributed by atoms with E-state index < -0.39 is 11.7 Å². The number of nitrogens with two attached hydrogens (primary N) is 2. The molecule has 0 aliphatic carbocycles. The number of rotatable bonds is 12. The molecule has 5 N–H and O–H groups in total. The van der Waals surface area contributed by atoms with Crippen LogP contribution < -0.4 is 11.5 Å². The fourth-order valence-corrected chi connectivity index (χ4v) is 4.17. The first-order valence-corrected chi connectivity index (χ1v) is 14.6. The van der Waals surface area contributed by atoms with E-state index in [4.69, 9.17) is 20.7 Å². The molecule has 0 atom stereocenters. The molecule has 3 rings (SSSR count). The average Bonchev–Trinajstić information content (AvgIpc) is 3.01. The maximum atomic E-state index is 14.6. The maximum Gasteiger partial charge on any atom is 0.256 e. The van der Waals surface area contributed by atoms with Crippen LogP contribution in [-0.4, -0.2) is 104 Å². The number of amides is 4. The molecule has 11 nitrogen and oxygen atoms in total. The van der Waals surface area contributed by atoms with Gasteiger partial charge in [0.15, 0.2) is 0 Å². The normalized spacial score (nSPS) is 11.9. The van der Waals surface area contributed by atoms with Crippen molar-refractivity contribution in [1.82, 2.24) is 14.7 Å². The van der Waals surface area contributed by atoms with Gasteiger partial charge in [-0.1, -0.05) is 30.3 Å². The van der Waals surface area contributed by atoms with Gasteiger partial charge in [0.2, 0.25) is 12.3 Å². The Morgan fingerprint density at radius 2 is 1.70 bits per heavy atom. The second-order valence-electron chi connectivity index (χ2n) is 9.01. The Labute approximate surface area is 256 Å². The molecular weight excluding hydrogens is 840 g/mol. The topological polar surface area (TPSA) is 163 Å². The molecule has 2 aromatic carbocycles. The molecule has 1 heterocycles. The molecule has 0 bridgehead atoms.